The number of fused-ring (bicyclic) bond motifs is 1. The summed E-state index contributed by atoms with van der Waals surface area (Å²) < 4.78 is 0. The molecular weight excluding hydrogens is 450 g/mol. The average Bonchev–Trinajstić information content (AvgIpc) is 3.29. The summed E-state index contributed by atoms with van der Waals surface area (Å²) in [5.74, 6) is 1.12. The third-order valence-corrected chi connectivity index (χ3v) is 8.45. The molecule has 0 spiro atoms. The quantitative estimate of drug-likeness (QED) is 0.387. The summed E-state index contributed by atoms with van der Waals surface area (Å²) >= 11 is 3.08. The molecule has 174 valence electrons. The zero-order chi connectivity index (χ0) is 22.9. The van der Waals surface area contributed by atoms with Crippen LogP contribution < -0.4 is 9.80 Å². The topological polar surface area (TPSA) is 52.6 Å². The highest BCUT2D eigenvalue weighted by molar-refractivity contribution is 7.98. The van der Waals surface area contributed by atoms with Gasteiger partial charge in [0.15, 0.2) is 5.16 Å². The maximum absolute atomic E-state index is 13.4. The van der Waals surface area contributed by atoms with Crippen LogP contribution in [0.15, 0.2) is 29.4 Å². The molecule has 6 nitrogen and oxygen atoms in total. The van der Waals surface area contributed by atoms with Gasteiger partial charge in [0.1, 0.15) is 10.6 Å². The molecule has 0 atom stereocenters. The molecule has 0 N–H and O–H groups in total. The molecule has 0 radical (unpaired) electrons. The molecule has 0 bridgehead atoms. The third-order valence-electron chi connectivity index (χ3n) is 6.88. The number of aromatic nitrogens is 2. The highest BCUT2D eigenvalue weighted by Gasteiger charge is 2.26. The van der Waals surface area contributed by atoms with Crippen molar-refractivity contribution in [3.8, 4) is 0 Å². The van der Waals surface area contributed by atoms with Crippen LogP contribution in [0.4, 0.5) is 11.5 Å². The van der Waals surface area contributed by atoms with Crippen LogP contribution in [0, 0.1) is 13.8 Å². The van der Waals surface area contributed by atoms with Crippen LogP contribution in [0.25, 0.3) is 10.2 Å². The monoisotopic (exact) mass is 481 g/mol. The van der Waals surface area contributed by atoms with E-state index in [1.165, 1.54) is 47.4 Å². The van der Waals surface area contributed by atoms with E-state index in [2.05, 4.69) is 41.8 Å². The first kappa shape index (κ1) is 22.5. The van der Waals surface area contributed by atoms with E-state index in [1.807, 2.05) is 17.2 Å². The van der Waals surface area contributed by atoms with Gasteiger partial charge < -0.3 is 14.7 Å². The zero-order valence-electron chi connectivity index (χ0n) is 19.6. The van der Waals surface area contributed by atoms with Crippen molar-refractivity contribution in [1.82, 2.24) is 14.9 Å². The molecule has 1 aromatic carbocycles. The Morgan fingerprint density at radius 2 is 1.73 bits per heavy atom. The Kier molecular flexibility index (Phi) is 6.47. The molecule has 5 rings (SSSR count). The Morgan fingerprint density at radius 1 is 0.970 bits per heavy atom. The lowest BCUT2D eigenvalue weighted by molar-refractivity contribution is 0.0751. The van der Waals surface area contributed by atoms with Gasteiger partial charge >= 0.3 is 0 Å². The lowest BCUT2D eigenvalue weighted by Crippen LogP contribution is -2.48. The number of anilines is 2. The van der Waals surface area contributed by atoms with Crippen molar-refractivity contribution in [2.75, 3.05) is 55.3 Å². The van der Waals surface area contributed by atoms with Crippen LogP contribution in [0.2, 0.25) is 0 Å². The van der Waals surface area contributed by atoms with Crippen molar-refractivity contribution in [3.63, 3.8) is 0 Å². The van der Waals surface area contributed by atoms with Gasteiger partial charge in [0, 0.05) is 45.0 Å². The summed E-state index contributed by atoms with van der Waals surface area (Å²) in [5.41, 5.74) is 3.93. The van der Waals surface area contributed by atoms with Crippen LogP contribution in [0.1, 0.15) is 40.1 Å². The van der Waals surface area contributed by atoms with Gasteiger partial charge in [-0.2, -0.15) is 0 Å². The molecule has 8 heteroatoms. The molecule has 0 saturated carbocycles. The van der Waals surface area contributed by atoms with E-state index in [0.29, 0.717) is 0 Å². The van der Waals surface area contributed by atoms with Crippen LogP contribution in [-0.4, -0.2) is 66.3 Å². The lowest BCUT2D eigenvalue weighted by atomic mass is 10.1. The average molecular weight is 482 g/mol. The standard InChI is InChI=1S/C25H31N5OS2/c1-17-8-7-9-20(18(17)2)28-12-14-30(15-13-28)24(31)21-16-19-22(29-10-5-4-6-11-29)26-25(32-3)27-23(19)33-21/h7-9,16H,4-6,10-15H2,1-3H3. The highest BCUT2D eigenvalue weighted by Crippen LogP contribution is 2.34. The predicted octanol–water partition coefficient (Wildman–Crippen LogP) is 4.98. The minimum absolute atomic E-state index is 0.119. The largest absolute Gasteiger partial charge is 0.368 e. The van der Waals surface area contributed by atoms with Gasteiger partial charge in [-0.15, -0.1) is 11.3 Å². The highest BCUT2D eigenvalue weighted by atomic mass is 32.2. The fourth-order valence-electron chi connectivity index (χ4n) is 4.82. The van der Waals surface area contributed by atoms with Crippen LogP contribution >= 0.6 is 23.1 Å². The molecule has 33 heavy (non-hydrogen) atoms. The number of carbonyl (C=O) groups excluding carboxylic acids is 1. The van der Waals surface area contributed by atoms with E-state index in [1.54, 1.807) is 11.8 Å². The molecule has 2 saturated heterocycles. The molecule has 0 aliphatic carbocycles. The number of benzene rings is 1. The molecule has 0 unspecified atom stereocenters. The van der Waals surface area contributed by atoms with E-state index in [9.17, 15) is 4.79 Å². The second-order valence-corrected chi connectivity index (χ2v) is 10.7. The lowest BCUT2D eigenvalue weighted by Gasteiger charge is -2.36. The molecule has 3 aromatic rings. The number of rotatable bonds is 4. The summed E-state index contributed by atoms with van der Waals surface area (Å²) in [4.78, 5) is 31.5. The summed E-state index contributed by atoms with van der Waals surface area (Å²) in [6.45, 7) is 9.58. The van der Waals surface area contributed by atoms with Gasteiger partial charge in [-0.3, -0.25) is 4.79 Å². The van der Waals surface area contributed by atoms with E-state index in [0.717, 1.165) is 65.3 Å². The number of thioether (sulfide) groups is 1. The Bertz CT molecular complexity index is 1160. The van der Waals surface area contributed by atoms with Crippen LogP contribution in [0.5, 0.6) is 0 Å². The van der Waals surface area contributed by atoms with E-state index >= 15 is 0 Å². The number of aryl methyl sites for hydroxylation is 1. The number of thiophene rings is 1. The number of hydrogen-bond acceptors (Lipinski definition) is 7. The molecule has 2 aromatic heterocycles. The molecule has 1 amide bonds. The number of piperidine rings is 1. The first-order chi connectivity index (χ1) is 16.0. The van der Waals surface area contributed by atoms with Gasteiger partial charge in [-0.05, 0) is 62.6 Å². The smallest absolute Gasteiger partial charge is 0.264 e. The van der Waals surface area contributed by atoms with Crippen molar-refractivity contribution in [2.24, 2.45) is 0 Å². The zero-order valence-corrected chi connectivity index (χ0v) is 21.3. The summed E-state index contributed by atoms with van der Waals surface area (Å²) in [5, 5.41) is 1.81. The molecule has 2 aliphatic rings. The number of amides is 1. The van der Waals surface area contributed by atoms with Gasteiger partial charge in [0.25, 0.3) is 5.91 Å². The predicted molar refractivity (Wildman–Crippen MR) is 139 cm³/mol. The van der Waals surface area contributed by atoms with Gasteiger partial charge in [0.2, 0.25) is 0 Å². The van der Waals surface area contributed by atoms with Crippen molar-refractivity contribution in [2.45, 2.75) is 38.3 Å². The summed E-state index contributed by atoms with van der Waals surface area (Å²) in [7, 11) is 0. The van der Waals surface area contributed by atoms with Crippen molar-refractivity contribution in [1.29, 1.82) is 0 Å². The minimum atomic E-state index is 0.119. The summed E-state index contributed by atoms with van der Waals surface area (Å²) in [6.07, 6.45) is 5.68. The van der Waals surface area contributed by atoms with E-state index < -0.39 is 0 Å². The molecule has 4 heterocycles. The van der Waals surface area contributed by atoms with Gasteiger partial charge in [-0.25, -0.2) is 9.97 Å². The third kappa shape index (κ3) is 4.43. The Labute approximate surface area is 204 Å². The van der Waals surface area contributed by atoms with E-state index in [4.69, 9.17) is 9.97 Å². The first-order valence-electron chi connectivity index (χ1n) is 11.8. The second kappa shape index (κ2) is 9.50. The van der Waals surface area contributed by atoms with Gasteiger partial charge in [0.05, 0.1) is 10.3 Å². The Hall–Kier alpha value is -2.32. The fraction of sp³-hybridized carbons (Fsp3) is 0.480. The first-order valence-corrected chi connectivity index (χ1v) is 13.8. The van der Waals surface area contributed by atoms with Crippen molar-refractivity contribution < 1.29 is 4.79 Å². The second-order valence-electron chi connectivity index (χ2n) is 8.91. The van der Waals surface area contributed by atoms with Crippen LogP contribution in [-0.2, 0) is 0 Å². The Morgan fingerprint density at radius 3 is 2.45 bits per heavy atom. The van der Waals surface area contributed by atoms with Crippen LogP contribution in [0.3, 0.4) is 0 Å². The number of hydrogen-bond donors (Lipinski definition) is 0. The SMILES string of the molecule is CSc1nc(N2CCCCC2)c2cc(C(=O)N3CCN(c4cccc(C)c4C)CC3)sc2n1. The fourth-order valence-corrected chi connectivity index (χ4v) is 6.23. The summed E-state index contributed by atoms with van der Waals surface area (Å²) in [6, 6.07) is 8.50. The normalized spacial score (nSPS) is 17.1. The number of carbonyl (C=O) groups is 1. The Balaban J connectivity index is 1.36. The molecule has 2 fully saturated rings. The van der Waals surface area contributed by atoms with Gasteiger partial charge in [-0.1, -0.05) is 23.9 Å². The number of nitrogens with zero attached hydrogens (tertiary/aromatic N) is 5. The van der Waals surface area contributed by atoms with Crippen molar-refractivity contribution >= 4 is 50.7 Å². The van der Waals surface area contributed by atoms with E-state index in [-0.39, 0.29) is 5.91 Å². The maximum atomic E-state index is 13.4. The molecular formula is C25H31N5OS2. The van der Waals surface area contributed by atoms with Crippen molar-refractivity contribution in [3.05, 3.63) is 40.3 Å². The minimum Gasteiger partial charge on any atom is -0.368 e. The number of piperazine rings is 1. The molecule has 2 aliphatic heterocycles. The maximum Gasteiger partial charge on any atom is 0.264 e.